The van der Waals surface area contributed by atoms with Crippen LogP contribution in [0.1, 0.15) is 38.7 Å². The largest absolute Gasteiger partial charge is 0.504 e. The van der Waals surface area contributed by atoms with E-state index < -0.39 is 32.2 Å². The number of hydrogen-bond donors (Lipinski definition) is 4. The average Bonchev–Trinajstić information content (AvgIpc) is 3.18. The molecule has 2 aromatic rings. The standard InChI is InChI=1S/C29H32B2INO8/c1-15(9-17-11-22(32)27(34)24(12-17)40-3)7-8-23-25-16(2)10-20-26(21(25)14-30(37)41-23)29(36)33(28(20)35)19-6-4-5-18(13-19)31(38)39/h4-6,9,11-13,20-21,23,26,34,37-39H,7-8,10,14H2,1-3H3/b15-9+/t20-,21+,23-,26-/m1/s1. The first-order valence-corrected chi connectivity index (χ1v) is 14.7. The van der Waals surface area contributed by atoms with Gasteiger partial charge in [0, 0.05) is 0 Å². The molecular weight excluding hydrogens is 639 g/mol. The second kappa shape index (κ2) is 11.9. The molecule has 41 heavy (non-hydrogen) atoms. The van der Waals surface area contributed by atoms with E-state index in [2.05, 4.69) is 22.6 Å². The van der Waals surface area contributed by atoms with Crippen molar-refractivity contribution in [2.24, 2.45) is 17.8 Å². The van der Waals surface area contributed by atoms with Crippen molar-refractivity contribution in [3.63, 3.8) is 0 Å². The number of benzene rings is 2. The predicted molar refractivity (Wildman–Crippen MR) is 164 cm³/mol. The van der Waals surface area contributed by atoms with Gasteiger partial charge in [-0.3, -0.25) is 14.5 Å². The second-order valence-electron chi connectivity index (χ2n) is 11.1. The first-order chi connectivity index (χ1) is 19.5. The summed E-state index contributed by atoms with van der Waals surface area (Å²) >= 11 is 2.06. The fourth-order valence-electron chi connectivity index (χ4n) is 6.55. The smallest absolute Gasteiger partial charge is 0.488 e. The minimum Gasteiger partial charge on any atom is -0.504 e. The summed E-state index contributed by atoms with van der Waals surface area (Å²) in [4.78, 5) is 28.5. The molecule has 4 N–H and O–H groups in total. The molecule has 2 aromatic carbocycles. The van der Waals surface area contributed by atoms with Gasteiger partial charge in [-0.15, -0.1) is 0 Å². The van der Waals surface area contributed by atoms with Crippen molar-refractivity contribution in [1.82, 2.24) is 0 Å². The van der Waals surface area contributed by atoms with Crippen molar-refractivity contribution in [1.29, 1.82) is 0 Å². The van der Waals surface area contributed by atoms with E-state index in [0.29, 0.717) is 34.3 Å². The number of carbonyl (C=O) groups is 2. The Kier molecular flexibility index (Phi) is 8.68. The molecule has 2 heterocycles. The zero-order valence-electron chi connectivity index (χ0n) is 23.1. The van der Waals surface area contributed by atoms with Crippen molar-refractivity contribution in [3.05, 3.63) is 62.3 Å². The molecule has 12 heteroatoms. The number of allylic oxidation sites excluding steroid dienone is 2. The lowest BCUT2D eigenvalue weighted by Gasteiger charge is -2.42. The lowest BCUT2D eigenvalue weighted by Crippen LogP contribution is -2.46. The van der Waals surface area contributed by atoms with E-state index in [9.17, 15) is 29.8 Å². The highest BCUT2D eigenvalue weighted by Gasteiger charge is 2.57. The van der Waals surface area contributed by atoms with Gasteiger partial charge in [0.2, 0.25) is 11.8 Å². The van der Waals surface area contributed by atoms with Crippen molar-refractivity contribution >= 4 is 65.9 Å². The lowest BCUT2D eigenvalue weighted by molar-refractivity contribution is -0.122. The molecule has 2 saturated heterocycles. The molecule has 9 nitrogen and oxygen atoms in total. The topological polar surface area (TPSA) is 137 Å². The number of amides is 2. The Labute approximate surface area is 253 Å². The van der Waals surface area contributed by atoms with Crippen LogP contribution in [0.3, 0.4) is 0 Å². The number of methoxy groups -OCH3 is 1. The molecule has 0 aromatic heterocycles. The maximum absolute atomic E-state index is 13.8. The number of phenols is 1. The summed E-state index contributed by atoms with van der Waals surface area (Å²) < 4.78 is 12.0. The number of ether oxygens (including phenoxy) is 1. The molecule has 2 aliphatic heterocycles. The van der Waals surface area contributed by atoms with Crippen LogP contribution >= 0.6 is 22.6 Å². The molecule has 0 spiro atoms. The van der Waals surface area contributed by atoms with Crippen LogP contribution in [-0.4, -0.2) is 59.4 Å². The monoisotopic (exact) mass is 671 g/mol. The van der Waals surface area contributed by atoms with Crippen LogP contribution in [0.4, 0.5) is 5.69 Å². The number of anilines is 1. The van der Waals surface area contributed by atoms with Crippen LogP contribution in [0.2, 0.25) is 6.32 Å². The maximum atomic E-state index is 13.8. The van der Waals surface area contributed by atoms with Gasteiger partial charge in [0.05, 0.1) is 34.3 Å². The summed E-state index contributed by atoms with van der Waals surface area (Å²) in [6.07, 6.45) is 3.54. The minimum atomic E-state index is -1.72. The van der Waals surface area contributed by atoms with Crippen LogP contribution < -0.4 is 15.1 Å². The normalized spacial score (nSPS) is 24.5. The molecule has 2 amide bonds. The summed E-state index contributed by atoms with van der Waals surface area (Å²) in [7, 11) is -1.27. The van der Waals surface area contributed by atoms with E-state index in [-0.39, 0.29) is 35.3 Å². The van der Waals surface area contributed by atoms with Crippen LogP contribution in [-0.2, 0) is 14.2 Å². The Morgan fingerprint density at radius 3 is 2.68 bits per heavy atom. The van der Waals surface area contributed by atoms with Gasteiger partial charge < -0.3 is 29.6 Å². The number of carbonyl (C=O) groups excluding carboxylic acids is 2. The first kappa shape index (κ1) is 29.8. The molecule has 0 radical (unpaired) electrons. The number of imide groups is 1. The fraction of sp³-hybridized carbons (Fsp3) is 0.379. The van der Waals surface area contributed by atoms with E-state index in [4.69, 9.17) is 9.39 Å². The van der Waals surface area contributed by atoms with Gasteiger partial charge in [-0.05, 0) is 109 Å². The Balaban J connectivity index is 1.37. The van der Waals surface area contributed by atoms with E-state index in [1.54, 1.807) is 18.2 Å². The van der Waals surface area contributed by atoms with E-state index >= 15 is 0 Å². The SMILES string of the molecule is COc1cc(/C=C(\C)CC[C@H]2OB(O)C[C@H]3C2=C(C)C[C@H]2C(=O)N(c4cccc(B(O)O)c4)C(=O)[C@H]23)cc(I)c1O. The third-order valence-electron chi connectivity index (χ3n) is 8.36. The van der Waals surface area contributed by atoms with Gasteiger partial charge in [-0.1, -0.05) is 29.4 Å². The van der Waals surface area contributed by atoms with E-state index in [0.717, 1.165) is 27.2 Å². The van der Waals surface area contributed by atoms with Gasteiger partial charge in [-0.25, -0.2) is 0 Å². The van der Waals surface area contributed by atoms with Crippen LogP contribution in [0.25, 0.3) is 6.08 Å². The van der Waals surface area contributed by atoms with Gasteiger partial charge in [0.15, 0.2) is 11.5 Å². The summed E-state index contributed by atoms with van der Waals surface area (Å²) in [6.45, 7) is 3.98. The highest BCUT2D eigenvalue weighted by molar-refractivity contribution is 14.1. The Morgan fingerprint density at radius 1 is 1.22 bits per heavy atom. The van der Waals surface area contributed by atoms with Gasteiger partial charge >= 0.3 is 14.2 Å². The average molecular weight is 671 g/mol. The van der Waals surface area contributed by atoms with Crippen LogP contribution in [0.15, 0.2) is 53.1 Å². The first-order valence-electron chi connectivity index (χ1n) is 13.6. The summed E-state index contributed by atoms with van der Waals surface area (Å²) in [5.74, 6) is -1.63. The molecule has 1 aliphatic carbocycles. The van der Waals surface area contributed by atoms with Crippen molar-refractivity contribution in [3.8, 4) is 11.5 Å². The van der Waals surface area contributed by atoms with E-state index in [1.807, 2.05) is 26.0 Å². The summed E-state index contributed by atoms with van der Waals surface area (Å²) in [5.41, 5.74) is 4.48. The molecule has 214 valence electrons. The minimum absolute atomic E-state index is 0.105. The zero-order chi connectivity index (χ0) is 29.6. The quantitative estimate of drug-likeness (QED) is 0.153. The number of nitrogens with zero attached hydrogens (tertiary/aromatic N) is 1. The fourth-order valence-corrected chi connectivity index (χ4v) is 7.17. The Bertz CT molecular complexity index is 1440. The molecule has 0 unspecified atom stereocenters. The van der Waals surface area contributed by atoms with Gasteiger partial charge in [0.25, 0.3) is 0 Å². The van der Waals surface area contributed by atoms with Crippen molar-refractivity contribution < 1.29 is 39.2 Å². The highest BCUT2D eigenvalue weighted by Crippen LogP contribution is 2.51. The van der Waals surface area contributed by atoms with Crippen LogP contribution in [0, 0.1) is 21.3 Å². The number of hydrogen-bond acceptors (Lipinski definition) is 8. The Hall–Kier alpha value is -2.64. The highest BCUT2D eigenvalue weighted by atomic mass is 127. The molecule has 0 saturated carbocycles. The van der Waals surface area contributed by atoms with Crippen LogP contribution in [0.5, 0.6) is 11.5 Å². The Morgan fingerprint density at radius 2 is 1.98 bits per heavy atom. The molecular formula is C29H32B2INO8. The molecule has 3 aliphatic rings. The van der Waals surface area contributed by atoms with Gasteiger partial charge in [-0.2, -0.15) is 0 Å². The maximum Gasteiger partial charge on any atom is 0.488 e. The predicted octanol–water partition coefficient (Wildman–Crippen LogP) is 2.89. The van der Waals surface area contributed by atoms with Crippen molar-refractivity contribution in [2.45, 2.75) is 45.5 Å². The summed E-state index contributed by atoms with van der Waals surface area (Å²) in [6, 6.07) is 9.81. The number of fused-ring (bicyclic) bond motifs is 3. The third-order valence-corrected chi connectivity index (χ3v) is 9.19. The molecule has 0 bridgehead atoms. The number of phenolic OH excluding ortho intramolecular Hbond substituents is 1. The third kappa shape index (κ3) is 5.72. The lowest BCUT2D eigenvalue weighted by atomic mass is 9.59. The van der Waals surface area contributed by atoms with E-state index in [1.165, 1.54) is 19.2 Å². The number of rotatable bonds is 7. The summed E-state index contributed by atoms with van der Waals surface area (Å²) in [5, 5.41) is 40.0. The molecule has 4 atom stereocenters. The molecule has 5 rings (SSSR count). The zero-order valence-corrected chi connectivity index (χ0v) is 25.2. The van der Waals surface area contributed by atoms with Crippen molar-refractivity contribution in [2.75, 3.05) is 12.0 Å². The second-order valence-corrected chi connectivity index (χ2v) is 12.2. The molecule has 2 fully saturated rings. The van der Waals surface area contributed by atoms with Gasteiger partial charge in [0.1, 0.15) is 0 Å². The number of aromatic hydroxyl groups is 1. The number of halogens is 1.